The molecular formula is C25H24F2N4O4. The summed E-state index contributed by atoms with van der Waals surface area (Å²) in [5.41, 5.74) is 2.31. The standard InChI is InChI=1S/C25H24F2N4O4/c26-17-2-1-16(10-18(17)27)31-19-9-15-12-28-30-23(15)29-21(19)20(22(31)13-4-7-35-8-5-13)14-3-6-25(34,11-14)24(32)33/h1-2,9-10,12-14,34H,3-8,11H2,(H,32,33)(H,28,29,30)/t14?,25-/m0/s1. The highest BCUT2D eigenvalue weighted by molar-refractivity contribution is 5.94. The van der Waals surface area contributed by atoms with Gasteiger partial charge in [-0.2, -0.15) is 5.10 Å². The maximum atomic E-state index is 14.4. The molecular weight excluding hydrogens is 458 g/mol. The molecule has 0 radical (unpaired) electrons. The Hall–Kier alpha value is -3.37. The molecule has 1 unspecified atom stereocenters. The fourth-order valence-corrected chi connectivity index (χ4v) is 5.75. The first-order chi connectivity index (χ1) is 16.9. The van der Waals surface area contributed by atoms with Crippen LogP contribution in [-0.2, 0) is 9.53 Å². The Morgan fingerprint density at radius 2 is 1.94 bits per heavy atom. The van der Waals surface area contributed by atoms with Crippen molar-refractivity contribution in [2.24, 2.45) is 0 Å². The van der Waals surface area contributed by atoms with Gasteiger partial charge in [-0.15, -0.1) is 0 Å². The van der Waals surface area contributed by atoms with Crippen molar-refractivity contribution >= 4 is 28.0 Å². The molecule has 3 aromatic heterocycles. The van der Waals surface area contributed by atoms with Crippen molar-refractivity contribution in [1.29, 1.82) is 0 Å². The zero-order valence-corrected chi connectivity index (χ0v) is 18.8. The first kappa shape index (κ1) is 22.1. The quantitative estimate of drug-likeness (QED) is 0.403. The molecule has 1 aromatic carbocycles. The Labute approximate surface area is 198 Å². The van der Waals surface area contributed by atoms with Crippen LogP contribution in [0.15, 0.2) is 30.5 Å². The Bertz CT molecular complexity index is 1460. The Kier molecular flexibility index (Phi) is 5.12. The number of aromatic nitrogens is 4. The summed E-state index contributed by atoms with van der Waals surface area (Å²) in [6.45, 7) is 1.12. The minimum Gasteiger partial charge on any atom is -0.479 e. The molecule has 3 N–H and O–H groups in total. The van der Waals surface area contributed by atoms with Crippen LogP contribution in [0.5, 0.6) is 0 Å². The minimum absolute atomic E-state index is 0.0380. The zero-order valence-electron chi connectivity index (χ0n) is 18.8. The number of rotatable bonds is 4. The summed E-state index contributed by atoms with van der Waals surface area (Å²) >= 11 is 0. The van der Waals surface area contributed by atoms with Gasteiger partial charge in [0.25, 0.3) is 0 Å². The van der Waals surface area contributed by atoms with Gasteiger partial charge < -0.3 is 19.5 Å². The van der Waals surface area contributed by atoms with Gasteiger partial charge in [0.05, 0.1) is 17.2 Å². The lowest BCUT2D eigenvalue weighted by molar-refractivity contribution is -0.157. The molecule has 182 valence electrons. The number of hydrogen-bond acceptors (Lipinski definition) is 5. The van der Waals surface area contributed by atoms with Crippen LogP contribution in [0.1, 0.15) is 55.2 Å². The van der Waals surface area contributed by atoms with Crippen LogP contribution in [0, 0.1) is 11.6 Å². The van der Waals surface area contributed by atoms with Gasteiger partial charge in [0.2, 0.25) is 0 Å². The maximum absolute atomic E-state index is 14.4. The Balaban J connectivity index is 1.67. The molecule has 4 aromatic rings. The Morgan fingerprint density at radius 1 is 1.14 bits per heavy atom. The van der Waals surface area contributed by atoms with Crippen molar-refractivity contribution in [1.82, 2.24) is 19.7 Å². The van der Waals surface area contributed by atoms with E-state index in [1.807, 2.05) is 10.6 Å². The van der Waals surface area contributed by atoms with Gasteiger partial charge in [0.1, 0.15) is 0 Å². The van der Waals surface area contributed by atoms with E-state index in [2.05, 4.69) is 10.2 Å². The number of benzene rings is 1. The highest BCUT2D eigenvalue weighted by atomic mass is 19.2. The van der Waals surface area contributed by atoms with Gasteiger partial charge >= 0.3 is 5.97 Å². The molecule has 0 bridgehead atoms. The predicted molar refractivity (Wildman–Crippen MR) is 123 cm³/mol. The van der Waals surface area contributed by atoms with E-state index >= 15 is 0 Å². The molecule has 1 saturated heterocycles. The Morgan fingerprint density at radius 3 is 2.66 bits per heavy atom. The first-order valence-electron chi connectivity index (χ1n) is 11.7. The average molecular weight is 482 g/mol. The number of ether oxygens (including phenoxy) is 1. The van der Waals surface area contributed by atoms with Crippen LogP contribution in [-0.4, -0.2) is 54.7 Å². The number of aliphatic carboxylic acids is 1. The lowest BCUT2D eigenvalue weighted by atomic mass is 9.86. The van der Waals surface area contributed by atoms with E-state index in [4.69, 9.17) is 9.72 Å². The van der Waals surface area contributed by atoms with Crippen LogP contribution < -0.4 is 0 Å². The van der Waals surface area contributed by atoms with Crippen molar-refractivity contribution in [3.05, 3.63) is 53.4 Å². The first-order valence-corrected chi connectivity index (χ1v) is 11.7. The number of fused-ring (bicyclic) bond motifs is 2. The van der Waals surface area contributed by atoms with E-state index in [-0.39, 0.29) is 24.7 Å². The number of nitrogens with one attached hydrogen (secondary N) is 1. The van der Waals surface area contributed by atoms with Crippen LogP contribution in [0.25, 0.3) is 27.8 Å². The predicted octanol–water partition coefficient (Wildman–Crippen LogP) is 4.16. The monoisotopic (exact) mass is 482 g/mol. The van der Waals surface area contributed by atoms with E-state index in [0.29, 0.717) is 42.0 Å². The van der Waals surface area contributed by atoms with Crippen molar-refractivity contribution in [2.45, 2.75) is 49.5 Å². The fourth-order valence-electron chi connectivity index (χ4n) is 5.75. The molecule has 4 heterocycles. The molecule has 1 aliphatic heterocycles. The third-order valence-electron chi connectivity index (χ3n) is 7.49. The number of carbonyl (C=O) groups is 1. The van der Waals surface area contributed by atoms with Crippen LogP contribution in [0.4, 0.5) is 8.78 Å². The summed E-state index contributed by atoms with van der Waals surface area (Å²) in [6, 6.07) is 5.72. The molecule has 6 rings (SSSR count). The molecule has 0 spiro atoms. The third-order valence-corrected chi connectivity index (χ3v) is 7.49. The average Bonchev–Trinajstić information content (AvgIpc) is 3.55. The second-order valence-corrected chi connectivity index (χ2v) is 9.56. The van der Waals surface area contributed by atoms with E-state index in [1.54, 1.807) is 6.20 Å². The lowest BCUT2D eigenvalue weighted by Gasteiger charge is -2.27. The molecule has 35 heavy (non-hydrogen) atoms. The van der Waals surface area contributed by atoms with Crippen LogP contribution in [0.3, 0.4) is 0 Å². The van der Waals surface area contributed by atoms with Crippen molar-refractivity contribution in [2.75, 3.05) is 13.2 Å². The number of nitrogens with zero attached hydrogens (tertiary/aromatic N) is 3. The normalized spacial score (nSPS) is 23.5. The number of carboxylic acids is 1. The van der Waals surface area contributed by atoms with Crippen molar-refractivity contribution in [3.63, 3.8) is 0 Å². The molecule has 2 aliphatic rings. The van der Waals surface area contributed by atoms with Gasteiger partial charge in [0.15, 0.2) is 22.9 Å². The number of H-pyrrole nitrogens is 1. The molecule has 1 saturated carbocycles. The third kappa shape index (κ3) is 3.51. The molecule has 2 fully saturated rings. The second-order valence-electron chi connectivity index (χ2n) is 9.56. The van der Waals surface area contributed by atoms with Crippen molar-refractivity contribution in [3.8, 4) is 5.69 Å². The SMILES string of the molecule is O=C(O)[C@]1(O)CCC(c2c(C3CCOCC3)n(-c3ccc(F)c(F)c3)c3cc4cn[nH]c4nc23)C1. The molecule has 10 heteroatoms. The zero-order chi connectivity index (χ0) is 24.3. The summed E-state index contributed by atoms with van der Waals surface area (Å²) < 4.78 is 35.8. The van der Waals surface area contributed by atoms with Crippen LogP contribution >= 0.6 is 0 Å². The van der Waals surface area contributed by atoms with Crippen molar-refractivity contribution < 1.29 is 28.5 Å². The largest absolute Gasteiger partial charge is 0.479 e. The fraction of sp³-hybridized carbons (Fsp3) is 0.400. The number of aromatic amines is 1. The second kappa shape index (κ2) is 8.10. The number of pyridine rings is 1. The highest BCUT2D eigenvalue weighted by Gasteiger charge is 2.46. The number of aliphatic hydroxyl groups is 1. The topological polar surface area (TPSA) is 113 Å². The van der Waals surface area contributed by atoms with Crippen LogP contribution in [0.2, 0.25) is 0 Å². The summed E-state index contributed by atoms with van der Waals surface area (Å²) in [5.74, 6) is -3.36. The van der Waals surface area contributed by atoms with Gasteiger partial charge in [-0.3, -0.25) is 5.10 Å². The minimum atomic E-state index is -1.81. The summed E-state index contributed by atoms with van der Waals surface area (Å²) in [5, 5.41) is 28.1. The molecule has 1 aliphatic carbocycles. The summed E-state index contributed by atoms with van der Waals surface area (Å²) in [6.07, 6.45) is 3.75. The van der Waals surface area contributed by atoms with E-state index in [9.17, 15) is 23.8 Å². The van der Waals surface area contributed by atoms with Gasteiger partial charge in [-0.1, -0.05) is 0 Å². The number of carboxylic acid groups (broad SMARTS) is 1. The molecule has 8 nitrogen and oxygen atoms in total. The van der Waals surface area contributed by atoms with E-state index in [0.717, 1.165) is 35.6 Å². The van der Waals surface area contributed by atoms with E-state index < -0.39 is 23.2 Å². The summed E-state index contributed by atoms with van der Waals surface area (Å²) in [4.78, 5) is 16.7. The van der Waals surface area contributed by atoms with Gasteiger partial charge in [-0.05, 0) is 56.2 Å². The smallest absolute Gasteiger partial charge is 0.335 e. The molecule has 0 amide bonds. The lowest BCUT2D eigenvalue weighted by Crippen LogP contribution is -2.35. The van der Waals surface area contributed by atoms with Gasteiger partial charge in [0, 0.05) is 47.5 Å². The number of halogens is 2. The maximum Gasteiger partial charge on any atom is 0.335 e. The number of hydrogen-bond donors (Lipinski definition) is 3. The highest BCUT2D eigenvalue weighted by Crippen LogP contribution is 2.49. The summed E-state index contributed by atoms with van der Waals surface area (Å²) in [7, 11) is 0. The van der Waals surface area contributed by atoms with E-state index in [1.165, 1.54) is 12.1 Å². The molecule has 2 atom stereocenters. The van der Waals surface area contributed by atoms with Gasteiger partial charge in [-0.25, -0.2) is 18.6 Å².